The van der Waals surface area contributed by atoms with Gasteiger partial charge in [-0.2, -0.15) is 0 Å². The van der Waals surface area contributed by atoms with Crippen molar-refractivity contribution in [3.05, 3.63) is 52.1 Å². The number of rotatable bonds is 6. The quantitative estimate of drug-likeness (QED) is 0.512. The molecule has 3 aromatic rings. The average molecular weight is 488 g/mol. The summed E-state index contributed by atoms with van der Waals surface area (Å²) in [6, 6.07) is 9.23. The molecule has 9 heteroatoms. The number of pyridine rings is 1. The first-order valence-electron chi connectivity index (χ1n) is 10.9. The van der Waals surface area contributed by atoms with Crippen LogP contribution in [0.4, 0.5) is 17.1 Å². The Balaban J connectivity index is 1.90. The van der Waals surface area contributed by atoms with Crippen molar-refractivity contribution >= 4 is 57.1 Å². The summed E-state index contributed by atoms with van der Waals surface area (Å²) in [6.45, 7) is 6.26. The first-order valence-corrected chi connectivity index (χ1v) is 11.7. The van der Waals surface area contributed by atoms with Crippen molar-refractivity contribution in [2.24, 2.45) is 5.73 Å². The standard InChI is InChI=1S/C24H27Cl2N5O2/c1-3-33-21-13-19-15(12-20(21)31-9-5-8-30(2)10-11-31)23(16(14-28-19)24(27)32)29-18-7-4-6-17(25)22(18)26/h4,6-7,12-14H,3,5,8-11H2,1-2H3,(H2,27,32)(H,28,29). The van der Waals surface area contributed by atoms with Crippen LogP contribution in [0.25, 0.3) is 10.9 Å². The molecule has 0 bridgehead atoms. The molecule has 2 aromatic carbocycles. The summed E-state index contributed by atoms with van der Waals surface area (Å²) < 4.78 is 5.99. The largest absolute Gasteiger partial charge is 0.492 e. The van der Waals surface area contributed by atoms with Crippen LogP contribution in [0.3, 0.4) is 0 Å². The molecule has 0 atom stereocenters. The highest BCUT2D eigenvalue weighted by Gasteiger charge is 2.21. The fraction of sp³-hybridized carbons (Fsp3) is 0.333. The maximum atomic E-state index is 12.3. The monoisotopic (exact) mass is 487 g/mol. The van der Waals surface area contributed by atoms with E-state index in [2.05, 4.69) is 27.1 Å². The predicted molar refractivity (Wildman–Crippen MR) is 136 cm³/mol. The number of nitrogens with zero attached hydrogens (tertiary/aromatic N) is 3. The average Bonchev–Trinajstić information content (AvgIpc) is 3.01. The van der Waals surface area contributed by atoms with Gasteiger partial charge in [-0.1, -0.05) is 29.3 Å². The van der Waals surface area contributed by atoms with Crippen molar-refractivity contribution in [3.63, 3.8) is 0 Å². The van der Waals surface area contributed by atoms with Crippen molar-refractivity contribution in [2.45, 2.75) is 13.3 Å². The summed E-state index contributed by atoms with van der Waals surface area (Å²) >= 11 is 12.6. The van der Waals surface area contributed by atoms with E-state index in [4.69, 9.17) is 33.7 Å². The molecule has 0 saturated carbocycles. The van der Waals surface area contributed by atoms with E-state index in [-0.39, 0.29) is 5.56 Å². The smallest absolute Gasteiger partial charge is 0.252 e. The number of anilines is 3. The lowest BCUT2D eigenvalue weighted by Crippen LogP contribution is -2.29. The number of fused-ring (bicyclic) bond motifs is 1. The molecule has 1 saturated heterocycles. The third kappa shape index (κ3) is 4.95. The minimum absolute atomic E-state index is 0.268. The normalized spacial score (nSPS) is 14.8. The highest BCUT2D eigenvalue weighted by molar-refractivity contribution is 6.43. The summed E-state index contributed by atoms with van der Waals surface area (Å²) in [7, 11) is 2.13. The van der Waals surface area contributed by atoms with Crippen LogP contribution in [0.2, 0.25) is 10.0 Å². The molecule has 7 nitrogen and oxygen atoms in total. The Kier molecular flexibility index (Phi) is 7.12. The summed E-state index contributed by atoms with van der Waals surface area (Å²) in [5.41, 5.74) is 8.72. The molecule has 33 heavy (non-hydrogen) atoms. The molecule has 1 amide bonds. The molecule has 1 aliphatic rings. The van der Waals surface area contributed by atoms with E-state index < -0.39 is 5.91 Å². The van der Waals surface area contributed by atoms with Gasteiger partial charge < -0.3 is 25.6 Å². The second-order valence-corrected chi connectivity index (χ2v) is 8.84. The van der Waals surface area contributed by atoms with Crippen LogP contribution >= 0.6 is 23.2 Å². The summed E-state index contributed by atoms with van der Waals surface area (Å²) in [5.74, 6) is 0.178. The van der Waals surface area contributed by atoms with Crippen molar-refractivity contribution in [3.8, 4) is 5.75 Å². The third-order valence-corrected chi connectivity index (χ3v) is 6.60. The zero-order chi connectivity index (χ0) is 23.5. The third-order valence-electron chi connectivity index (χ3n) is 5.79. The van der Waals surface area contributed by atoms with Crippen molar-refractivity contribution in [1.29, 1.82) is 0 Å². The number of hydrogen-bond acceptors (Lipinski definition) is 6. The number of benzene rings is 2. The first kappa shape index (κ1) is 23.4. The van der Waals surface area contributed by atoms with Crippen LogP contribution in [0.1, 0.15) is 23.7 Å². The van der Waals surface area contributed by atoms with E-state index in [1.165, 1.54) is 6.20 Å². The summed E-state index contributed by atoms with van der Waals surface area (Å²) in [5, 5.41) is 4.80. The number of carbonyl (C=O) groups is 1. The van der Waals surface area contributed by atoms with Gasteiger partial charge in [0, 0.05) is 37.3 Å². The summed E-state index contributed by atoms with van der Waals surface area (Å²) in [6.07, 6.45) is 2.52. The van der Waals surface area contributed by atoms with Gasteiger partial charge in [-0.3, -0.25) is 9.78 Å². The molecule has 0 aliphatic carbocycles. The van der Waals surface area contributed by atoms with Crippen LogP contribution < -0.4 is 20.7 Å². The van der Waals surface area contributed by atoms with Gasteiger partial charge in [0.15, 0.2) is 0 Å². The van der Waals surface area contributed by atoms with Gasteiger partial charge in [-0.15, -0.1) is 0 Å². The van der Waals surface area contributed by atoms with E-state index >= 15 is 0 Å². The first-order chi connectivity index (χ1) is 15.9. The Hall–Kier alpha value is -2.74. The van der Waals surface area contributed by atoms with Gasteiger partial charge in [0.2, 0.25) is 0 Å². The highest BCUT2D eigenvalue weighted by Crippen LogP contribution is 2.40. The molecule has 0 unspecified atom stereocenters. The number of primary amides is 1. The molecule has 0 radical (unpaired) electrons. The number of likely N-dealkylation sites (N-methyl/N-ethyl adjacent to an activating group) is 1. The van der Waals surface area contributed by atoms with Crippen LogP contribution in [0, 0.1) is 0 Å². The number of carbonyl (C=O) groups excluding carboxylic acids is 1. The molecule has 1 aliphatic heterocycles. The van der Waals surface area contributed by atoms with Gasteiger partial charge in [0.1, 0.15) is 5.75 Å². The topological polar surface area (TPSA) is 83.7 Å². The molecule has 4 rings (SSSR count). The van der Waals surface area contributed by atoms with Crippen LogP contribution in [-0.2, 0) is 0 Å². The molecule has 174 valence electrons. The number of ether oxygens (including phenoxy) is 1. The fourth-order valence-corrected chi connectivity index (χ4v) is 4.42. The van der Waals surface area contributed by atoms with E-state index in [0.29, 0.717) is 33.5 Å². The van der Waals surface area contributed by atoms with E-state index in [0.717, 1.165) is 49.4 Å². The Morgan fingerprint density at radius 2 is 2.03 bits per heavy atom. The molecule has 1 aromatic heterocycles. The van der Waals surface area contributed by atoms with Gasteiger partial charge in [-0.05, 0) is 45.1 Å². The Morgan fingerprint density at radius 1 is 1.21 bits per heavy atom. The molecule has 2 heterocycles. The number of hydrogen-bond donors (Lipinski definition) is 2. The van der Waals surface area contributed by atoms with E-state index in [9.17, 15) is 4.79 Å². The van der Waals surface area contributed by atoms with E-state index in [1.807, 2.05) is 19.1 Å². The minimum atomic E-state index is -0.586. The number of halogens is 2. The lowest BCUT2D eigenvalue weighted by atomic mass is 10.1. The van der Waals surface area contributed by atoms with Crippen molar-refractivity contribution in [1.82, 2.24) is 9.88 Å². The van der Waals surface area contributed by atoms with Crippen LogP contribution in [0.5, 0.6) is 5.75 Å². The number of nitrogens with one attached hydrogen (secondary N) is 1. The van der Waals surface area contributed by atoms with Gasteiger partial charge in [0.05, 0.1) is 44.8 Å². The van der Waals surface area contributed by atoms with Crippen LogP contribution in [-0.4, -0.2) is 55.6 Å². The highest BCUT2D eigenvalue weighted by atomic mass is 35.5. The predicted octanol–water partition coefficient (Wildman–Crippen LogP) is 4.92. The maximum Gasteiger partial charge on any atom is 0.252 e. The second kappa shape index (κ2) is 10.0. The lowest BCUT2D eigenvalue weighted by Gasteiger charge is -2.26. The zero-order valence-corrected chi connectivity index (χ0v) is 20.2. The van der Waals surface area contributed by atoms with Gasteiger partial charge in [0.25, 0.3) is 5.91 Å². The molecule has 0 spiro atoms. The maximum absolute atomic E-state index is 12.3. The molecular weight excluding hydrogens is 461 g/mol. The number of aromatic nitrogens is 1. The Morgan fingerprint density at radius 3 is 2.79 bits per heavy atom. The van der Waals surface area contributed by atoms with E-state index in [1.54, 1.807) is 18.2 Å². The SMILES string of the molecule is CCOc1cc2ncc(C(N)=O)c(Nc3cccc(Cl)c3Cl)c2cc1N1CCCN(C)CC1. The van der Waals surface area contributed by atoms with Crippen LogP contribution in [0.15, 0.2) is 36.5 Å². The zero-order valence-electron chi connectivity index (χ0n) is 18.7. The second-order valence-electron chi connectivity index (χ2n) is 8.05. The molecule has 3 N–H and O–H groups in total. The van der Waals surface area contributed by atoms with Crippen molar-refractivity contribution < 1.29 is 9.53 Å². The minimum Gasteiger partial charge on any atom is -0.492 e. The number of nitrogens with two attached hydrogens (primary N) is 1. The lowest BCUT2D eigenvalue weighted by molar-refractivity contribution is 0.100. The molecular formula is C24H27Cl2N5O2. The van der Waals surface area contributed by atoms with Crippen molar-refractivity contribution in [2.75, 3.05) is 50.1 Å². The van der Waals surface area contributed by atoms with Gasteiger partial charge in [-0.25, -0.2) is 0 Å². The molecule has 1 fully saturated rings. The van der Waals surface area contributed by atoms with Gasteiger partial charge >= 0.3 is 0 Å². The Bertz CT molecular complexity index is 1190. The summed E-state index contributed by atoms with van der Waals surface area (Å²) in [4.78, 5) is 21.4. The Labute approximate surface area is 203 Å². The number of amides is 1. The fourth-order valence-electron chi connectivity index (χ4n) is 4.07.